The molecule has 1 aliphatic rings. The van der Waals surface area contributed by atoms with Crippen LogP contribution in [0.25, 0.3) is 0 Å². The lowest BCUT2D eigenvalue weighted by atomic mass is 10.2. The molecule has 0 atom stereocenters. The Kier molecular flexibility index (Phi) is 6.90. The number of hydrogen-bond acceptors (Lipinski definition) is 3. The van der Waals surface area contributed by atoms with Gasteiger partial charge in [-0.15, -0.1) is 0 Å². The van der Waals surface area contributed by atoms with Gasteiger partial charge in [-0.3, -0.25) is 4.99 Å². The van der Waals surface area contributed by atoms with E-state index in [1.807, 2.05) is 0 Å². The molecule has 0 radical (unpaired) electrons. The maximum absolute atomic E-state index is 8.90. The Hall–Kier alpha value is -0.830. The molecule has 0 saturated heterocycles. The summed E-state index contributed by atoms with van der Waals surface area (Å²) in [6.07, 6.45) is 10.4. The maximum atomic E-state index is 8.90. The highest BCUT2D eigenvalue weighted by Crippen LogP contribution is 2.07. The fourth-order valence-electron chi connectivity index (χ4n) is 1.90. The van der Waals surface area contributed by atoms with E-state index in [2.05, 4.69) is 29.0 Å². The molecule has 0 aromatic carbocycles. The fourth-order valence-corrected chi connectivity index (χ4v) is 1.90. The molecule has 92 valence electrons. The van der Waals surface area contributed by atoms with Crippen molar-refractivity contribution in [2.45, 2.75) is 39.0 Å². The molecule has 3 heteroatoms. The van der Waals surface area contributed by atoms with Crippen molar-refractivity contribution >= 4 is 5.84 Å². The standard InChI is InChI=1S/C13H24N2O/c1-2-3-4-5-6-7-8-13-14-9-10-15(13)11-12-16/h5-6,16H,2-4,7-12H2,1H3/b6-5+. The van der Waals surface area contributed by atoms with E-state index in [0.717, 1.165) is 32.5 Å². The first-order chi connectivity index (χ1) is 7.88. The van der Waals surface area contributed by atoms with Crippen LogP contribution in [0.1, 0.15) is 39.0 Å². The summed E-state index contributed by atoms with van der Waals surface area (Å²) in [5.74, 6) is 1.18. The number of allylic oxidation sites excluding steroid dienone is 2. The minimum absolute atomic E-state index is 0.228. The molecule has 0 aromatic heterocycles. The highest BCUT2D eigenvalue weighted by molar-refractivity contribution is 5.83. The van der Waals surface area contributed by atoms with Crippen molar-refractivity contribution in [3.05, 3.63) is 12.2 Å². The number of unbranched alkanes of at least 4 members (excludes halogenated alkanes) is 2. The molecule has 0 amide bonds. The van der Waals surface area contributed by atoms with Gasteiger partial charge in [-0.25, -0.2) is 0 Å². The Bertz CT molecular complexity index is 236. The highest BCUT2D eigenvalue weighted by atomic mass is 16.3. The van der Waals surface area contributed by atoms with Gasteiger partial charge in [0.2, 0.25) is 0 Å². The zero-order valence-corrected chi connectivity index (χ0v) is 10.4. The normalized spacial score (nSPS) is 16.1. The third kappa shape index (κ3) is 4.79. The first kappa shape index (κ1) is 13.2. The SMILES string of the molecule is CCCC/C=C/CCC1=NCCN1CCO. The lowest BCUT2D eigenvalue weighted by Gasteiger charge is -2.18. The van der Waals surface area contributed by atoms with Crippen LogP contribution < -0.4 is 0 Å². The summed E-state index contributed by atoms with van der Waals surface area (Å²) < 4.78 is 0. The van der Waals surface area contributed by atoms with Crippen LogP contribution in [-0.4, -0.2) is 42.1 Å². The predicted molar refractivity (Wildman–Crippen MR) is 68.9 cm³/mol. The fraction of sp³-hybridized carbons (Fsp3) is 0.769. The Morgan fingerprint density at radius 3 is 2.94 bits per heavy atom. The summed E-state index contributed by atoms with van der Waals surface area (Å²) in [6, 6.07) is 0. The summed E-state index contributed by atoms with van der Waals surface area (Å²) in [5.41, 5.74) is 0. The van der Waals surface area contributed by atoms with Crippen LogP contribution in [0.5, 0.6) is 0 Å². The second-order valence-corrected chi connectivity index (χ2v) is 4.16. The first-order valence-electron chi connectivity index (χ1n) is 6.42. The Morgan fingerprint density at radius 2 is 2.19 bits per heavy atom. The minimum Gasteiger partial charge on any atom is -0.395 e. The van der Waals surface area contributed by atoms with Crippen molar-refractivity contribution in [1.29, 1.82) is 0 Å². The number of β-amino-alcohol motifs (C(OH)–C–C–N with tert-alkyl or cyclic N) is 1. The number of nitrogens with zero attached hydrogens (tertiary/aromatic N) is 2. The minimum atomic E-state index is 0.228. The Balaban J connectivity index is 2.14. The number of rotatable bonds is 8. The number of aliphatic imine (C=N–C) groups is 1. The van der Waals surface area contributed by atoms with Crippen LogP contribution in [0.2, 0.25) is 0 Å². The molecule has 3 nitrogen and oxygen atoms in total. The summed E-state index contributed by atoms with van der Waals surface area (Å²) in [7, 11) is 0. The first-order valence-corrected chi connectivity index (χ1v) is 6.42. The smallest absolute Gasteiger partial charge is 0.0994 e. The number of hydrogen-bond donors (Lipinski definition) is 1. The molecule has 1 N–H and O–H groups in total. The molecule has 0 fully saturated rings. The molecule has 0 aliphatic carbocycles. The van der Waals surface area contributed by atoms with Gasteiger partial charge in [0.05, 0.1) is 19.0 Å². The second-order valence-electron chi connectivity index (χ2n) is 4.16. The molecule has 0 unspecified atom stereocenters. The number of amidine groups is 1. The van der Waals surface area contributed by atoms with Crippen molar-refractivity contribution < 1.29 is 5.11 Å². The lowest BCUT2D eigenvalue weighted by Crippen LogP contribution is -2.30. The Morgan fingerprint density at radius 1 is 1.38 bits per heavy atom. The lowest BCUT2D eigenvalue weighted by molar-refractivity contribution is 0.255. The van der Waals surface area contributed by atoms with Gasteiger partial charge in [-0.2, -0.15) is 0 Å². The van der Waals surface area contributed by atoms with Crippen LogP contribution >= 0.6 is 0 Å². The summed E-state index contributed by atoms with van der Waals surface area (Å²) in [5, 5.41) is 8.90. The highest BCUT2D eigenvalue weighted by Gasteiger charge is 2.14. The van der Waals surface area contributed by atoms with E-state index in [4.69, 9.17) is 5.11 Å². The van der Waals surface area contributed by atoms with Gasteiger partial charge >= 0.3 is 0 Å². The maximum Gasteiger partial charge on any atom is 0.0994 e. The van der Waals surface area contributed by atoms with Crippen LogP contribution in [0, 0.1) is 0 Å². The third-order valence-electron chi connectivity index (χ3n) is 2.82. The predicted octanol–water partition coefficient (Wildman–Crippen LogP) is 2.22. The molecule has 0 saturated carbocycles. The van der Waals surface area contributed by atoms with Gasteiger partial charge in [-0.05, 0) is 12.8 Å². The molecular weight excluding hydrogens is 200 g/mol. The Labute approximate surface area is 98.9 Å². The van der Waals surface area contributed by atoms with Crippen LogP contribution in [0.4, 0.5) is 0 Å². The number of aliphatic hydroxyl groups is 1. The van der Waals surface area contributed by atoms with E-state index in [1.165, 1.54) is 25.1 Å². The van der Waals surface area contributed by atoms with Crippen molar-refractivity contribution in [2.24, 2.45) is 4.99 Å². The van der Waals surface area contributed by atoms with Crippen molar-refractivity contribution in [2.75, 3.05) is 26.2 Å². The molecule has 1 heterocycles. The number of aliphatic hydroxyl groups excluding tert-OH is 1. The second kappa shape index (κ2) is 8.34. The largest absolute Gasteiger partial charge is 0.395 e. The molecule has 0 bridgehead atoms. The quantitative estimate of drug-likeness (QED) is 0.507. The van der Waals surface area contributed by atoms with Gasteiger partial charge in [-0.1, -0.05) is 31.9 Å². The topological polar surface area (TPSA) is 35.8 Å². The van der Waals surface area contributed by atoms with Gasteiger partial charge in [0, 0.05) is 19.5 Å². The molecule has 1 aliphatic heterocycles. The van der Waals surface area contributed by atoms with Crippen molar-refractivity contribution in [3.8, 4) is 0 Å². The van der Waals surface area contributed by atoms with Gasteiger partial charge in [0.25, 0.3) is 0 Å². The van der Waals surface area contributed by atoms with E-state index in [0.29, 0.717) is 0 Å². The van der Waals surface area contributed by atoms with E-state index >= 15 is 0 Å². The summed E-state index contributed by atoms with van der Waals surface area (Å²) in [6.45, 7) is 5.06. The monoisotopic (exact) mass is 224 g/mol. The van der Waals surface area contributed by atoms with Gasteiger partial charge < -0.3 is 10.0 Å². The zero-order valence-electron chi connectivity index (χ0n) is 10.4. The van der Waals surface area contributed by atoms with Crippen molar-refractivity contribution in [1.82, 2.24) is 4.90 Å². The molecule has 0 aromatic rings. The van der Waals surface area contributed by atoms with Gasteiger partial charge in [0.1, 0.15) is 0 Å². The van der Waals surface area contributed by atoms with Crippen molar-refractivity contribution in [3.63, 3.8) is 0 Å². The average Bonchev–Trinajstić information content (AvgIpc) is 2.72. The van der Waals surface area contributed by atoms with Gasteiger partial charge in [0.15, 0.2) is 0 Å². The molecule has 1 rings (SSSR count). The van der Waals surface area contributed by atoms with E-state index < -0.39 is 0 Å². The van der Waals surface area contributed by atoms with Crippen LogP contribution in [0.3, 0.4) is 0 Å². The third-order valence-corrected chi connectivity index (χ3v) is 2.82. The molecule has 16 heavy (non-hydrogen) atoms. The van der Waals surface area contributed by atoms with Crippen LogP contribution in [0.15, 0.2) is 17.1 Å². The van der Waals surface area contributed by atoms with E-state index in [1.54, 1.807) is 0 Å². The van der Waals surface area contributed by atoms with Crippen LogP contribution in [-0.2, 0) is 0 Å². The molecular formula is C13H24N2O. The summed E-state index contributed by atoms with van der Waals surface area (Å²) in [4.78, 5) is 6.66. The zero-order chi connectivity index (χ0) is 11.6. The van der Waals surface area contributed by atoms with E-state index in [9.17, 15) is 0 Å². The molecule has 0 spiro atoms. The summed E-state index contributed by atoms with van der Waals surface area (Å²) >= 11 is 0. The van der Waals surface area contributed by atoms with E-state index in [-0.39, 0.29) is 6.61 Å². The average molecular weight is 224 g/mol.